The maximum atomic E-state index is 12.1. The first kappa shape index (κ1) is 14.8. The molecule has 1 unspecified atom stereocenters. The van der Waals surface area contributed by atoms with Crippen molar-refractivity contribution in [3.8, 4) is 0 Å². The van der Waals surface area contributed by atoms with Crippen molar-refractivity contribution in [2.24, 2.45) is 0 Å². The molecule has 0 saturated carbocycles. The summed E-state index contributed by atoms with van der Waals surface area (Å²) < 4.78 is 5.23. The number of amides is 1. The number of hydrogen-bond donors (Lipinski definition) is 2. The van der Waals surface area contributed by atoms with Crippen LogP contribution < -0.4 is 11.1 Å². The Kier molecular flexibility index (Phi) is 4.98. The summed E-state index contributed by atoms with van der Waals surface area (Å²) in [7, 11) is 0. The Labute approximate surface area is 126 Å². The minimum absolute atomic E-state index is 0.103. The van der Waals surface area contributed by atoms with Gasteiger partial charge >= 0.3 is 0 Å². The van der Waals surface area contributed by atoms with Crippen LogP contribution in [0.1, 0.15) is 12.7 Å². The molecule has 0 aliphatic heterocycles. The first-order chi connectivity index (χ1) is 9.56. The summed E-state index contributed by atoms with van der Waals surface area (Å²) in [6, 6.07) is 8.71. The number of furan rings is 1. The second kappa shape index (κ2) is 6.72. The van der Waals surface area contributed by atoms with Gasteiger partial charge in [-0.3, -0.25) is 4.79 Å². The van der Waals surface area contributed by atoms with E-state index in [0.717, 1.165) is 5.76 Å². The molecular formula is C14H15ClN2O2S. The number of nitrogens with two attached hydrogens (primary N) is 1. The normalized spacial score (nSPS) is 12.1. The van der Waals surface area contributed by atoms with Gasteiger partial charge in [-0.25, -0.2) is 0 Å². The number of anilines is 2. The van der Waals surface area contributed by atoms with Crippen molar-refractivity contribution >= 4 is 40.6 Å². The number of nitrogen functional groups attached to an aromatic ring is 1. The molecule has 2 aromatic rings. The van der Waals surface area contributed by atoms with Crippen molar-refractivity contribution in [2.45, 2.75) is 17.9 Å². The molecule has 0 bridgehead atoms. The van der Waals surface area contributed by atoms with Crippen LogP contribution in [0.2, 0.25) is 5.02 Å². The highest BCUT2D eigenvalue weighted by Crippen LogP contribution is 2.25. The lowest BCUT2D eigenvalue weighted by molar-refractivity contribution is -0.115. The van der Waals surface area contributed by atoms with Crippen LogP contribution in [-0.4, -0.2) is 11.2 Å². The number of thioether (sulfide) groups is 1. The SMILES string of the molecule is CC(SCc1ccco1)C(=O)Nc1ccc(N)cc1Cl. The number of rotatable bonds is 5. The van der Waals surface area contributed by atoms with Gasteiger partial charge < -0.3 is 15.5 Å². The molecule has 4 nitrogen and oxygen atoms in total. The van der Waals surface area contributed by atoms with Gasteiger partial charge in [0.25, 0.3) is 0 Å². The van der Waals surface area contributed by atoms with Crippen molar-refractivity contribution in [3.05, 3.63) is 47.4 Å². The molecule has 1 heterocycles. The van der Waals surface area contributed by atoms with Crippen LogP contribution in [0.3, 0.4) is 0 Å². The van der Waals surface area contributed by atoms with Gasteiger partial charge in [-0.15, -0.1) is 11.8 Å². The zero-order valence-corrected chi connectivity index (χ0v) is 12.5. The van der Waals surface area contributed by atoms with Crippen molar-refractivity contribution < 1.29 is 9.21 Å². The Balaban J connectivity index is 1.90. The van der Waals surface area contributed by atoms with Crippen LogP contribution in [0.5, 0.6) is 0 Å². The number of hydrogen-bond acceptors (Lipinski definition) is 4. The fraction of sp³-hybridized carbons (Fsp3) is 0.214. The molecular weight excluding hydrogens is 296 g/mol. The van der Waals surface area contributed by atoms with Crippen LogP contribution in [0.4, 0.5) is 11.4 Å². The van der Waals surface area contributed by atoms with Crippen molar-refractivity contribution in [1.29, 1.82) is 0 Å². The first-order valence-electron chi connectivity index (χ1n) is 6.06. The van der Waals surface area contributed by atoms with Crippen molar-refractivity contribution in [2.75, 3.05) is 11.1 Å². The van der Waals surface area contributed by atoms with Gasteiger partial charge in [0.15, 0.2) is 0 Å². The number of carbonyl (C=O) groups excluding carboxylic acids is 1. The Bertz CT molecular complexity index is 587. The number of halogens is 1. The minimum Gasteiger partial charge on any atom is -0.468 e. The molecule has 2 rings (SSSR count). The monoisotopic (exact) mass is 310 g/mol. The van der Waals surface area contributed by atoms with E-state index in [4.69, 9.17) is 21.8 Å². The maximum absolute atomic E-state index is 12.1. The summed E-state index contributed by atoms with van der Waals surface area (Å²) >= 11 is 7.52. The van der Waals surface area contributed by atoms with Gasteiger partial charge in [0.1, 0.15) is 5.76 Å². The molecule has 0 aliphatic carbocycles. The Morgan fingerprint density at radius 3 is 2.95 bits per heavy atom. The second-order valence-corrected chi connectivity index (χ2v) is 6.00. The first-order valence-corrected chi connectivity index (χ1v) is 7.49. The lowest BCUT2D eigenvalue weighted by atomic mass is 10.2. The summed E-state index contributed by atoms with van der Waals surface area (Å²) in [6.45, 7) is 1.84. The third-order valence-corrected chi connectivity index (χ3v) is 4.15. The van der Waals surface area contributed by atoms with Gasteiger partial charge in [-0.1, -0.05) is 11.6 Å². The van der Waals surface area contributed by atoms with E-state index in [1.165, 1.54) is 11.8 Å². The molecule has 0 spiro atoms. The standard InChI is InChI=1S/C14H15ClN2O2S/c1-9(20-8-11-3-2-6-19-11)14(18)17-13-5-4-10(16)7-12(13)15/h2-7,9H,8,16H2,1H3,(H,17,18). The van der Waals surface area contributed by atoms with Crippen LogP contribution in [0, 0.1) is 0 Å². The summed E-state index contributed by atoms with van der Waals surface area (Å²) in [6.07, 6.45) is 1.62. The van der Waals surface area contributed by atoms with E-state index in [9.17, 15) is 4.79 Å². The quantitative estimate of drug-likeness (QED) is 0.825. The van der Waals surface area contributed by atoms with Gasteiger partial charge in [-0.05, 0) is 37.3 Å². The third-order valence-electron chi connectivity index (χ3n) is 2.68. The molecule has 0 fully saturated rings. The fourth-order valence-corrected chi connectivity index (χ4v) is 2.57. The zero-order valence-electron chi connectivity index (χ0n) is 10.9. The summed E-state index contributed by atoms with van der Waals surface area (Å²) in [4.78, 5) is 12.1. The molecule has 1 atom stereocenters. The van der Waals surface area contributed by atoms with Gasteiger partial charge in [0.05, 0.1) is 28.0 Å². The molecule has 0 aliphatic rings. The Morgan fingerprint density at radius 2 is 2.30 bits per heavy atom. The lowest BCUT2D eigenvalue weighted by Gasteiger charge is -2.12. The van der Waals surface area contributed by atoms with Crippen LogP contribution >= 0.6 is 23.4 Å². The van der Waals surface area contributed by atoms with E-state index in [-0.39, 0.29) is 11.2 Å². The molecule has 3 N–H and O–H groups in total. The second-order valence-electron chi connectivity index (χ2n) is 4.26. The van der Waals surface area contributed by atoms with Crippen LogP contribution in [0.25, 0.3) is 0 Å². The number of nitrogens with one attached hydrogen (secondary N) is 1. The van der Waals surface area contributed by atoms with Crippen molar-refractivity contribution in [3.63, 3.8) is 0 Å². The van der Waals surface area contributed by atoms with E-state index in [1.807, 2.05) is 19.1 Å². The summed E-state index contributed by atoms with van der Waals surface area (Å²) in [5.41, 5.74) is 6.74. The summed E-state index contributed by atoms with van der Waals surface area (Å²) in [5, 5.41) is 3.01. The van der Waals surface area contributed by atoms with E-state index in [0.29, 0.717) is 22.2 Å². The molecule has 1 aromatic heterocycles. The van der Waals surface area contributed by atoms with E-state index < -0.39 is 0 Å². The molecule has 20 heavy (non-hydrogen) atoms. The number of carbonyl (C=O) groups is 1. The lowest BCUT2D eigenvalue weighted by Crippen LogP contribution is -2.22. The molecule has 6 heteroatoms. The van der Waals surface area contributed by atoms with Gasteiger partial charge in [0, 0.05) is 5.69 Å². The zero-order chi connectivity index (χ0) is 14.5. The minimum atomic E-state index is -0.214. The number of benzene rings is 1. The molecule has 0 saturated heterocycles. The average Bonchev–Trinajstić information content (AvgIpc) is 2.92. The molecule has 106 valence electrons. The largest absolute Gasteiger partial charge is 0.468 e. The van der Waals surface area contributed by atoms with Crippen LogP contribution in [0.15, 0.2) is 41.0 Å². The van der Waals surface area contributed by atoms with Crippen molar-refractivity contribution in [1.82, 2.24) is 0 Å². The van der Waals surface area contributed by atoms with Gasteiger partial charge in [0.2, 0.25) is 5.91 Å². The van der Waals surface area contributed by atoms with E-state index in [1.54, 1.807) is 24.5 Å². The van der Waals surface area contributed by atoms with Crippen LogP contribution in [-0.2, 0) is 10.5 Å². The summed E-state index contributed by atoms with van der Waals surface area (Å²) in [5.74, 6) is 1.39. The highest BCUT2D eigenvalue weighted by molar-refractivity contribution is 7.99. The maximum Gasteiger partial charge on any atom is 0.237 e. The molecule has 1 amide bonds. The smallest absolute Gasteiger partial charge is 0.237 e. The highest BCUT2D eigenvalue weighted by Gasteiger charge is 2.15. The predicted octanol–water partition coefficient (Wildman–Crippen LogP) is 3.78. The third kappa shape index (κ3) is 3.95. The molecule has 0 radical (unpaired) electrons. The average molecular weight is 311 g/mol. The topological polar surface area (TPSA) is 68.3 Å². The highest BCUT2D eigenvalue weighted by atomic mass is 35.5. The fourth-order valence-electron chi connectivity index (χ4n) is 1.54. The Morgan fingerprint density at radius 1 is 1.50 bits per heavy atom. The van der Waals surface area contributed by atoms with E-state index in [2.05, 4.69) is 5.32 Å². The predicted molar refractivity (Wildman–Crippen MR) is 84.0 cm³/mol. The molecule has 1 aromatic carbocycles. The Hall–Kier alpha value is -1.59. The van der Waals surface area contributed by atoms with E-state index >= 15 is 0 Å². The van der Waals surface area contributed by atoms with Gasteiger partial charge in [-0.2, -0.15) is 0 Å².